The van der Waals surface area contributed by atoms with Gasteiger partial charge in [0.2, 0.25) is 0 Å². The van der Waals surface area contributed by atoms with E-state index < -0.39 is 11.1 Å². The van der Waals surface area contributed by atoms with Gasteiger partial charge in [0.05, 0.1) is 0 Å². The molecule has 0 amide bonds. The third-order valence-electron chi connectivity index (χ3n) is 3.82. The van der Waals surface area contributed by atoms with Gasteiger partial charge in [0.25, 0.3) is 0 Å². The molecule has 0 aromatic carbocycles. The summed E-state index contributed by atoms with van der Waals surface area (Å²) in [4.78, 5) is 0. The molecular weight excluding hydrogens is 303 g/mol. The van der Waals surface area contributed by atoms with Crippen LogP contribution < -0.4 is 29.6 Å². The first-order chi connectivity index (χ1) is 10.3. The fourth-order valence-electron chi connectivity index (χ4n) is 2.47. The molecule has 0 rings (SSSR count). The Bertz CT molecular complexity index is 257. The molecule has 2 nitrogen and oxygen atoms in total. The second-order valence-corrected chi connectivity index (χ2v) is 6.96. The van der Waals surface area contributed by atoms with Crippen molar-refractivity contribution in [1.82, 2.24) is 0 Å². The van der Waals surface area contributed by atoms with Crippen molar-refractivity contribution in [1.29, 1.82) is 0 Å². The molecule has 0 aliphatic rings. The molecule has 1 unspecified atom stereocenters. The molecule has 0 bridgehead atoms. The third kappa shape index (κ3) is 23.1. The van der Waals surface area contributed by atoms with E-state index >= 15 is 0 Å². The quantitative estimate of drug-likeness (QED) is 0.188. The van der Waals surface area contributed by atoms with Crippen LogP contribution in [0.5, 0.6) is 0 Å². The first-order valence-electron chi connectivity index (χ1n) is 8.98. The molecular formula is C18H35NaO2S. The molecule has 0 saturated carbocycles. The van der Waals surface area contributed by atoms with Crippen molar-refractivity contribution in [2.24, 2.45) is 0 Å². The van der Waals surface area contributed by atoms with E-state index in [1.807, 2.05) is 0 Å². The molecule has 0 fully saturated rings. The summed E-state index contributed by atoms with van der Waals surface area (Å²) >= 11 is -1.84. The third-order valence-corrected chi connectivity index (χ3v) is 4.44. The van der Waals surface area contributed by atoms with Gasteiger partial charge in [-0.2, -0.15) is 0 Å². The molecule has 0 radical (unpaired) electrons. The standard InChI is InChI=1S/C18H36O2S.Na/c1-2-3-4-5-6-7-8-9-10-11-12-13-14-15-16-17-18-21(19)20;/h9-10H,2-8,11-18H2,1H3,(H,19,20);/q;+1/p-1/b10-9-;. The van der Waals surface area contributed by atoms with E-state index in [1.165, 1.54) is 77.0 Å². The van der Waals surface area contributed by atoms with Gasteiger partial charge in [0, 0.05) is 5.75 Å². The van der Waals surface area contributed by atoms with E-state index in [4.69, 9.17) is 0 Å². The number of hydrogen-bond donors (Lipinski definition) is 0. The van der Waals surface area contributed by atoms with Gasteiger partial charge >= 0.3 is 29.6 Å². The van der Waals surface area contributed by atoms with Crippen molar-refractivity contribution < 1.29 is 38.3 Å². The Labute approximate surface area is 163 Å². The molecule has 0 aromatic heterocycles. The van der Waals surface area contributed by atoms with Crippen LogP contribution in [0.4, 0.5) is 0 Å². The monoisotopic (exact) mass is 338 g/mol. The van der Waals surface area contributed by atoms with Crippen LogP contribution in [0.15, 0.2) is 12.2 Å². The summed E-state index contributed by atoms with van der Waals surface area (Å²) in [7, 11) is 0. The van der Waals surface area contributed by atoms with Gasteiger partial charge in [-0.25, -0.2) is 0 Å². The predicted molar refractivity (Wildman–Crippen MR) is 93.2 cm³/mol. The van der Waals surface area contributed by atoms with Crippen molar-refractivity contribution in [2.75, 3.05) is 5.75 Å². The van der Waals surface area contributed by atoms with Crippen molar-refractivity contribution >= 4 is 11.1 Å². The van der Waals surface area contributed by atoms with Crippen LogP contribution >= 0.6 is 0 Å². The molecule has 0 aliphatic carbocycles. The van der Waals surface area contributed by atoms with Crippen LogP contribution in [-0.4, -0.2) is 14.5 Å². The SMILES string of the molecule is CCCCCCCC/C=C\CCCCCCCCS(=O)[O-].[Na+]. The molecule has 0 spiro atoms. The van der Waals surface area contributed by atoms with Gasteiger partial charge in [-0.05, 0) is 32.1 Å². The van der Waals surface area contributed by atoms with E-state index in [0.29, 0.717) is 5.75 Å². The minimum atomic E-state index is -1.84. The minimum Gasteiger partial charge on any atom is -0.772 e. The zero-order valence-electron chi connectivity index (χ0n) is 15.0. The maximum Gasteiger partial charge on any atom is 1.00 e. The average molecular weight is 339 g/mol. The van der Waals surface area contributed by atoms with E-state index in [-0.39, 0.29) is 29.6 Å². The van der Waals surface area contributed by atoms with E-state index in [2.05, 4.69) is 19.1 Å². The Hall–Kier alpha value is 0.850. The average Bonchev–Trinajstić information content (AvgIpc) is 2.46. The Morgan fingerprint density at radius 1 is 0.727 bits per heavy atom. The maximum atomic E-state index is 10.3. The van der Waals surface area contributed by atoms with Crippen LogP contribution in [0, 0.1) is 0 Å². The molecule has 0 aromatic rings. The number of hydrogen-bond acceptors (Lipinski definition) is 2. The molecule has 126 valence electrons. The van der Waals surface area contributed by atoms with Crippen molar-refractivity contribution in [3.8, 4) is 0 Å². The van der Waals surface area contributed by atoms with E-state index in [9.17, 15) is 8.76 Å². The van der Waals surface area contributed by atoms with Crippen LogP contribution in [0.1, 0.15) is 96.8 Å². The van der Waals surface area contributed by atoms with E-state index in [1.54, 1.807) is 0 Å². The van der Waals surface area contributed by atoms with E-state index in [0.717, 1.165) is 12.8 Å². The van der Waals surface area contributed by atoms with Gasteiger partial charge in [0.15, 0.2) is 0 Å². The number of allylic oxidation sites excluding steroid dienone is 2. The second kappa shape index (κ2) is 21.9. The Morgan fingerprint density at radius 3 is 1.59 bits per heavy atom. The summed E-state index contributed by atoms with van der Waals surface area (Å²) in [5.74, 6) is 0.335. The summed E-state index contributed by atoms with van der Waals surface area (Å²) in [5.41, 5.74) is 0. The van der Waals surface area contributed by atoms with Crippen molar-refractivity contribution in [3.63, 3.8) is 0 Å². The zero-order chi connectivity index (χ0) is 15.6. The molecule has 0 heterocycles. The summed E-state index contributed by atoms with van der Waals surface area (Å²) in [5, 5.41) is 0. The van der Waals surface area contributed by atoms with Crippen LogP contribution in [0.25, 0.3) is 0 Å². The summed E-state index contributed by atoms with van der Waals surface area (Å²) in [6.07, 6.45) is 22.3. The minimum absolute atomic E-state index is 0. The zero-order valence-corrected chi connectivity index (χ0v) is 17.8. The maximum absolute atomic E-state index is 10.3. The Balaban J connectivity index is 0. The summed E-state index contributed by atoms with van der Waals surface area (Å²) < 4.78 is 20.7. The van der Waals surface area contributed by atoms with Crippen LogP contribution in [0.3, 0.4) is 0 Å². The first kappa shape index (κ1) is 25.1. The topological polar surface area (TPSA) is 40.1 Å². The molecule has 22 heavy (non-hydrogen) atoms. The first-order valence-corrected chi connectivity index (χ1v) is 10.2. The summed E-state index contributed by atoms with van der Waals surface area (Å²) in [6.45, 7) is 2.26. The Kier molecular flexibility index (Phi) is 24.9. The molecule has 1 atom stereocenters. The molecule has 0 N–H and O–H groups in total. The Morgan fingerprint density at radius 2 is 1.14 bits per heavy atom. The molecule has 0 aliphatic heterocycles. The van der Waals surface area contributed by atoms with Crippen LogP contribution in [0.2, 0.25) is 0 Å². The van der Waals surface area contributed by atoms with Gasteiger partial charge in [-0.1, -0.05) is 87.9 Å². The van der Waals surface area contributed by atoms with Gasteiger partial charge in [-0.15, -0.1) is 0 Å². The van der Waals surface area contributed by atoms with Gasteiger partial charge < -0.3 is 4.55 Å². The molecule has 4 heteroatoms. The smallest absolute Gasteiger partial charge is 0.772 e. The van der Waals surface area contributed by atoms with Gasteiger partial charge in [0.1, 0.15) is 0 Å². The van der Waals surface area contributed by atoms with Gasteiger partial charge in [-0.3, -0.25) is 4.21 Å². The number of rotatable bonds is 16. The second-order valence-electron chi connectivity index (χ2n) is 5.95. The van der Waals surface area contributed by atoms with Crippen molar-refractivity contribution in [3.05, 3.63) is 12.2 Å². The number of unbranched alkanes of at least 4 members (excludes halogenated alkanes) is 12. The van der Waals surface area contributed by atoms with Crippen LogP contribution in [-0.2, 0) is 11.1 Å². The largest absolute Gasteiger partial charge is 1.00 e. The fourth-order valence-corrected chi connectivity index (χ4v) is 2.91. The fraction of sp³-hybridized carbons (Fsp3) is 0.889. The predicted octanol–water partition coefficient (Wildman–Crippen LogP) is 2.91. The summed E-state index contributed by atoms with van der Waals surface area (Å²) in [6, 6.07) is 0. The normalized spacial score (nSPS) is 12.5. The molecule has 0 saturated heterocycles. The van der Waals surface area contributed by atoms with Crippen molar-refractivity contribution in [2.45, 2.75) is 96.8 Å².